The number of hydrogen-bond acceptors (Lipinski definition) is 4. The number of nitrogens with two attached hydrogens (primary N) is 1. The molecule has 0 aliphatic heterocycles. The van der Waals surface area contributed by atoms with Gasteiger partial charge in [-0.15, -0.1) is 0 Å². The average Bonchev–Trinajstić information content (AvgIpc) is 3.04. The van der Waals surface area contributed by atoms with Gasteiger partial charge < -0.3 is 19.8 Å². The van der Waals surface area contributed by atoms with E-state index in [1.165, 1.54) is 0 Å². The number of imidazole rings is 1. The van der Waals surface area contributed by atoms with Gasteiger partial charge in [0.1, 0.15) is 5.82 Å². The minimum absolute atomic E-state index is 0.322. The molecular formula is C17H22ClN3O2. The van der Waals surface area contributed by atoms with Crippen molar-refractivity contribution in [2.24, 2.45) is 5.73 Å². The molecule has 3 rings (SSSR count). The molecule has 1 heterocycles. The highest BCUT2D eigenvalue weighted by Crippen LogP contribution is 2.42. The predicted molar refractivity (Wildman–Crippen MR) is 91.3 cm³/mol. The van der Waals surface area contributed by atoms with E-state index in [1.807, 2.05) is 24.5 Å². The van der Waals surface area contributed by atoms with Crippen molar-refractivity contribution in [3.05, 3.63) is 29.5 Å². The molecule has 0 atom stereocenters. The molecule has 6 heteroatoms. The molecule has 2 N–H and O–H groups in total. The molecule has 0 saturated heterocycles. The van der Waals surface area contributed by atoms with Crippen molar-refractivity contribution in [2.75, 3.05) is 14.2 Å². The third kappa shape index (κ3) is 3.03. The van der Waals surface area contributed by atoms with Crippen LogP contribution in [0.2, 0.25) is 5.02 Å². The van der Waals surface area contributed by atoms with Crippen molar-refractivity contribution in [2.45, 2.75) is 37.8 Å². The maximum absolute atomic E-state index is 6.54. The van der Waals surface area contributed by atoms with Crippen LogP contribution in [0.5, 0.6) is 11.5 Å². The van der Waals surface area contributed by atoms with Crippen LogP contribution in [0.3, 0.4) is 0 Å². The highest BCUT2D eigenvalue weighted by Gasteiger charge is 2.24. The van der Waals surface area contributed by atoms with Gasteiger partial charge in [-0.1, -0.05) is 11.6 Å². The summed E-state index contributed by atoms with van der Waals surface area (Å²) in [6.45, 7) is 0. The quantitative estimate of drug-likeness (QED) is 0.926. The minimum atomic E-state index is 0.322. The van der Waals surface area contributed by atoms with Gasteiger partial charge in [0.25, 0.3) is 0 Å². The Morgan fingerprint density at radius 1 is 1.17 bits per heavy atom. The zero-order valence-corrected chi connectivity index (χ0v) is 14.2. The van der Waals surface area contributed by atoms with E-state index in [1.54, 1.807) is 14.2 Å². The Hall–Kier alpha value is -1.72. The van der Waals surface area contributed by atoms with E-state index in [0.717, 1.165) is 37.1 Å². The second-order valence-electron chi connectivity index (χ2n) is 5.89. The summed E-state index contributed by atoms with van der Waals surface area (Å²) < 4.78 is 12.9. The number of methoxy groups -OCH3 is 2. The molecule has 1 saturated carbocycles. The Bertz CT molecular complexity index is 678. The van der Waals surface area contributed by atoms with Crippen LogP contribution in [0.4, 0.5) is 0 Å². The highest BCUT2D eigenvalue weighted by molar-refractivity contribution is 6.35. The van der Waals surface area contributed by atoms with Crippen LogP contribution in [-0.4, -0.2) is 29.8 Å². The van der Waals surface area contributed by atoms with Crippen molar-refractivity contribution >= 4 is 11.6 Å². The molecule has 2 aromatic rings. The Balaban J connectivity index is 1.99. The molecule has 0 bridgehead atoms. The van der Waals surface area contributed by atoms with Gasteiger partial charge in [0.05, 0.1) is 19.2 Å². The standard InChI is InChI=1S/C17H22ClN3O2/c1-22-14-8-7-13(15(18)16(14)23-2)17-20-9-10-21(17)12-5-3-11(19)4-6-12/h7-12H,3-6,19H2,1-2H3. The Morgan fingerprint density at radius 3 is 2.57 bits per heavy atom. The maximum atomic E-state index is 6.54. The number of rotatable bonds is 4. The molecule has 124 valence electrons. The molecular weight excluding hydrogens is 314 g/mol. The number of benzene rings is 1. The highest BCUT2D eigenvalue weighted by atomic mass is 35.5. The van der Waals surface area contributed by atoms with Crippen LogP contribution in [0.25, 0.3) is 11.4 Å². The van der Waals surface area contributed by atoms with Gasteiger partial charge in [-0.05, 0) is 37.8 Å². The van der Waals surface area contributed by atoms with Gasteiger partial charge in [-0.2, -0.15) is 0 Å². The van der Waals surface area contributed by atoms with Crippen LogP contribution >= 0.6 is 11.6 Å². The second kappa shape index (κ2) is 6.81. The van der Waals surface area contributed by atoms with E-state index in [9.17, 15) is 0 Å². The zero-order valence-electron chi connectivity index (χ0n) is 13.5. The van der Waals surface area contributed by atoms with E-state index >= 15 is 0 Å². The summed E-state index contributed by atoms with van der Waals surface area (Å²) in [4.78, 5) is 4.52. The van der Waals surface area contributed by atoms with Crippen LogP contribution in [0.1, 0.15) is 31.7 Å². The van der Waals surface area contributed by atoms with Gasteiger partial charge in [0.2, 0.25) is 0 Å². The predicted octanol–water partition coefficient (Wildman–Crippen LogP) is 3.66. The molecule has 0 radical (unpaired) electrons. The lowest BCUT2D eigenvalue weighted by Crippen LogP contribution is -2.27. The van der Waals surface area contributed by atoms with E-state index in [0.29, 0.717) is 28.6 Å². The van der Waals surface area contributed by atoms with Crippen molar-refractivity contribution in [1.29, 1.82) is 0 Å². The largest absolute Gasteiger partial charge is 0.493 e. The fraction of sp³-hybridized carbons (Fsp3) is 0.471. The van der Waals surface area contributed by atoms with E-state index in [-0.39, 0.29) is 0 Å². The molecule has 1 fully saturated rings. The first kappa shape index (κ1) is 16.1. The van der Waals surface area contributed by atoms with E-state index in [4.69, 9.17) is 26.8 Å². The van der Waals surface area contributed by atoms with Gasteiger partial charge in [0.15, 0.2) is 11.5 Å². The molecule has 0 unspecified atom stereocenters. The van der Waals surface area contributed by atoms with Gasteiger partial charge >= 0.3 is 0 Å². The number of aromatic nitrogens is 2. The Kier molecular flexibility index (Phi) is 4.78. The first-order valence-electron chi connectivity index (χ1n) is 7.85. The minimum Gasteiger partial charge on any atom is -0.493 e. The summed E-state index contributed by atoms with van der Waals surface area (Å²) in [5, 5.41) is 0.520. The van der Waals surface area contributed by atoms with Crippen LogP contribution in [0, 0.1) is 0 Å². The number of halogens is 1. The molecule has 0 spiro atoms. The number of nitrogens with zero attached hydrogens (tertiary/aromatic N) is 2. The third-order valence-electron chi connectivity index (χ3n) is 4.53. The third-order valence-corrected chi connectivity index (χ3v) is 4.90. The van der Waals surface area contributed by atoms with Crippen molar-refractivity contribution in [3.8, 4) is 22.9 Å². The normalized spacial score (nSPS) is 21.2. The van der Waals surface area contributed by atoms with Crippen molar-refractivity contribution in [1.82, 2.24) is 9.55 Å². The van der Waals surface area contributed by atoms with Gasteiger partial charge in [0, 0.05) is 30.0 Å². The Labute approximate surface area is 141 Å². The summed E-state index contributed by atoms with van der Waals surface area (Å²) in [6.07, 6.45) is 8.05. The van der Waals surface area contributed by atoms with Crippen LogP contribution in [-0.2, 0) is 0 Å². The molecule has 1 aliphatic rings. The number of hydrogen-bond donors (Lipinski definition) is 1. The lowest BCUT2D eigenvalue weighted by Gasteiger charge is -2.28. The molecule has 1 aliphatic carbocycles. The smallest absolute Gasteiger partial charge is 0.180 e. The van der Waals surface area contributed by atoms with Gasteiger partial charge in [-0.3, -0.25) is 0 Å². The second-order valence-corrected chi connectivity index (χ2v) is 6.27. The average molecular weight is 336 g/mol. The summed E-state index contributed by atoms with van der Waals surface area (Å²) >= 11 is 6.54. The fourth-order valence-corrected chi connectivity index (χ4v) is 3.58. The van der Waals surface area contributed by atoms with E-state index in [2.05, 4.69) is 9.55 Å². The monoisotopic (exact) mass is 335 g/mol. The summed E-state index contributed by atoms with van der Waals surface area (Å²) in [5.41, 5.74) is 6.87. The lowest BCUT2D eigenvalue weighted by molar-refractivity contribution is 0.325. The summed E-state index contributed by atoms with van der Waals surface area (Å²) in [5.74, 6) is 2.01. The van der Waals surface area contributed by atoms with Gasteiger partial charge in [-0.25, -0.2) is 4.98 Å². The van der Waals surface area contributed by atoms with Crippen LogP contribution < -0.4 is 15.2 Å². The van der Waals surface area contributed by atoms with Crippen LogP contribution in [0.15, 0.2) is 24.5 Å². The lowest BCUT2D eigenvalue weighted by atomic mass is 9.91. The molecule has 0 amide bonds. The zero-order chi connectivity index (χ0) is 16.4. The maximum Gasteiger partial charge on any atom is 0.180 e. The van der Waals surface area contributed by atoms with Crippen molar-refractivity contribution in [3.63, 3.8) is 0 Å². The molecule has 5 nitrogen and oxygen atoms in total. The molecule has 1 aromatic heterocycles. The van der Waals surface area contributed by atoms with Crippen molar-refractivity contribution < 1.29 is 9.47 Å². The Morgan fingerprint density at radius 2 is 1.91 bits per heavy atom. The summed E-state index contributed by atoms with van der Waals surface area (Å²) in [6, 6.07) is 4.52. The number of ether oxygens (including phenoxy) is 2. The molecule has 1 aromatic carbocycles. The summed E-state index contributed by atoms with van der Waals surface area (Å²) in [7, 11) is 3.18. The molecule has 23 heavy (non-hydrogen) atoms. The topological polar surface area (TPSA) is 62.3 Å². The van der Waals surface area contributed by atoms with E-state index < -0.39 is 0 Å². The first-order valence-corrected chi connectivity index (χ1v) is 8.22. The first-order chi connectivity index (χ1) is 11.2. The SMILES string of the molecule is COc1ccc(-c2nccn2C2CCC(N)CC2)c(Cl)c1OC. The fourth-order valence-electron chi connectivity index (χ4n) is 3.26.